The third kappa shape index (κ3) is 4.64. The molecule has 4 aromatic heterocycles. The second-order valence-electron chi connectivity index (χ2n) is 8.04. The standard InChI is InChI=1S/C26H23FN6S/c1-16-22(19-7-8-21(27)30-14-19)23-24(34-16)26(33-25(32-23)18-9-11-29-12-10-18)31-15-20(28)13-17-5-3-2-4-6-17/h2-12,14,20H,13,15,28H2,1H3,(H,31,32,33)/t20-/m0/s1. The molecule has 5 aromatic rings. The van der Waals surface area contributed by atoms with E-state index in [2.05, 4.69) is 27.4 Å². The van der Waals surface area contributed by atoms with Crippen molar-refractivity contribution in [3.8, 4) is 22.5 Å². The molecule has 1 atom stereocenters. The van der Waals surface area contributed by atoms with Crippen molar-refractivity contribution in [1.29, 1.82) is 0 Å². The molecule has 0 aliphatic rings. The predicted octanol–water partition coefficient (Wildman–Crippen LogP) is 5.24. The van der Waals surface area contributed by atoms with Crippen LogP contribution in [-0.4, -0.2) is 32.5 Å². The van der Waals surface area contributed by atoms with Gasteiger partial charge in [-0.1, -0.05) is 30.3 Å². The quantitative estimate of drug-likeness (QED) is 0.316. The lowest BCUT2D eigenvalue weighted by atomic mass is 10.1. The van der Waals surface area contributed by atoms with Crippen molar-refractivity contribution in [3.63, 3.8) is 0 Å². The third-order valence-electron chi connectivity index (χ3n) is 5.54. The van der Waals surface area contributed by atoms with Gasteiger partial charge in [-0.3, -0.25) is 4.98 Å². The van der Waals surface area contributed by atoms with Crippen LogP contribution in [0, 0.1) is 12.9 Å². The van der Waals surface area contributed by atoms with Crippen LogP contribution < -0.4 is 11.1 Å². The number of aryl methyl sites for hydroxylation is 1. The second-order valence-corrected chi connectivity index (χ2v) is 9.27. The molecule has 4 heterocycles. The van der Waals surface area contributed by atoms with E-state index in [1.807, 2.05) is 37.3 Å². The number of thiophene rings is 1. The molecule has 0 amide bonds. The molecule has 0 aliphatic carbocycles. The molecule has 6 nitrogen and oxygen atoms in total. The molecule has 0 radical (unpaired) electrons. The minimum absolute atomic E-state index is 0.0846. The minimum Gasteiger partial charge on any atom is -0.367 e. The Morgan fingerprint density at radius 2 is 1.79 bits per heavy atom. The van der Waals surface area contributed by atoms with E-state index in [0.717, 1.165) is 44.0 Å². The van der Waals surface area contributed by atoms with Crippen LogP contribution in [0.4, 0.5) is 10.2 Å². The topological polar surface area (TPSA) is 89.6 Å². The molecule has 0 aliphatic heterocycles. The van der Waals surface area contributed by atoms with Crippen molar-refractivity contribution >= 4 is 27.4 Å². The zero-order valence-electron chi connectivity index (χ0n) is 18.6. The van der Waals surface area contributed by atoms with Crippen molar-refractivity contribution in [3.05, 3.63) is 89.6 Å². The maximum absolute atomic E-state index is 13.5. The zero-order valence-corrected chi connectivity index (χ0v) is 19.4. The van der Waals surface area contributed by atoms with E-state index in [0.29, 0.717) is 12.4 Å². The highest BCUT2D eigenvalue weighted by Gasteiger charge is 2.19. The largest absolute Gasteiger partial charge is 0.367 e. The Labute approximate surface area is 200 Å². The van der Waals surface area contributed by atoms with Crippen LogP contribution in [0.3, 0.4) is 0 Å². The van der Waals surface area contributed by atoms with Gasteiger partial charge in [0.1, 0.15) is 5.82 Å². The van der Waals surface area contributed by atoms with E-state index >= 15 is 0 Å². The Kier molecular flexibility index (Phi) is 6.24. The number of rotatable bonds is 7. The Hall–Kier alpha value is -3.75. The van der Waals surface area contributed by atoms with Crippen LogP contribution in [0.15, 0.2) is 73.2 Å². The number of aromatic nitrogens is 4. The van der Waals surface area contributed by atoms with Crippen LogP contribution in [0.2, 0.25) is 0 Å². The molecule has 0 saturated carbocycles. The first-order chi connectivity index (χ1) is 16.6. The lowest BCUT2D eigenvalue weighted by Gasteiger charge is -2.14. The number of pyridine rings is 2. The van der Waals surface area contributed by atoms with E-state index in [1.165, 1.54) is 11.6 Å². The molecule has 8 heteroatoms. The Balaban J connectivity index is 1.54. The summed E-state index contributed by atoms with van der Waals surface area (Å²) in [4.78, 5) is 18.7. The normalized spacial score (nSPS) is 12.1. The molecule has 3 N–H and O–H groups in total. The number of nitrogens with one attached hydrogen (secondary N) is 1. The minimum atomic E-state index is -0.511. The summed E-state index contributed by atoms with van der Waals surface area (Å²) < 4.78 is 14.4. The number of benzene rings is 1. The lowest BCUT2D eigenvalue weighted by Crippen LogP contribution is -2.31. The fraction of sp³-hybridized carbons (Fsp3) is 0.154. The molecule has 5 rings (SSSR count). The first-order valence-electron chi connectivity index (χ1n) is 11.0. The summed E-state index contributed by atoms with van der Waals surface area (Å²) in [6.07, 6.45) is 5.74. The molecule has 0 saturated heterocycles. The van der Waals surface area contributed by atoms with Gasteiger partial charge in [0.05, 0.1) is 10.2 Å². The highest BCUT2D eigenvalue weighted by molar-refractivity contribution is 7.20. The molecular formula is C26H23FN6S. The van der Waals surface area contributed by atoms with Crippen molar-refractivity contribution in [1.82, 2.24) is 19.9 Å². The first-order valence-corrected chi connectivity index (χ1v) is 11.8. The maximum atomic E-state index is 13.5. The molecule has 0 bridgehead atoms. The van der Waals surface area contributed by atoms with Gasteiger partial charge in [-0.2, -0.15) is 4.39 Å². The summed E-state index contributed by atoms with van der Waals surface area (Å²) in [6.45, 7) is 2.59. The molecule has 170 valence electrons. The maximum Gasteiger partial charge on any atom is 0.212 e. The highest BCUT2D eigenvalue weighted by atomic mass is 32.1. The number of hydrogen-bond donors (Lipinski definition) is 2. The van der Waals surface area contributed by atoms with Crippen molar-refractivity contribution in [2.75, 3.05) is 11.9 Å². The number of hydrogen-bond acceptors (Lipinski definition) is 7. The second kappa shape index (κ2) is 9.62. The number of nitrogens with zero attached hydrogens (tertiary/aromatic N) is 4. The summed E-state index contributed by atoms with van der Waals surface area (Å²) in [5, 5.41) is 3.46. The smallest absolute Gasteiger partial charge is 0.212 e. The summed E-state index contributed by atoms with van der Waals surface area (Å²) >= 11 is 1.60. The van der Waals surface area contributed by atoms with E-state index in [9.17, 15) is 4.39 Å². The Morgan fingerprint density at radius 3 is 2.53 bits per heavy atom. The summed E-state index contributed by atoms with van der Waals surface area (Å²) in [7, 11) is 0. The number of halogens is 1. The average Bonchev–Trinajstić information content (AvgIpc) is 3.20. The van der Waals surface area contributed by atoms with Gasteiger partial charge in [-0.25, -0.2) is 15.0 Å². The van der Waals surface area contributed by atoms with Crippen molar-refractivity contribution in [2.24, 2.45) is 5.73 Å². The van der Waals surface area contributed by atoms with E-state index in [-0.39, 0.29) is 6.04 Å². The van der Waals surface area contributed by atoms with Gasteiger partial charge >= 0.3 is 0 Å². The van der Waals surface area contributed by atoms with Gasteiger partial charge in [-0.15, -0.1) is 11.3 Å². The third-order valence-corrected chi connectivity index (χ3v) is 6.64. The number of anilines is 1. The van der Waals surface area contributed by atoms with Gasteiger partial charge in [0.2, 0.25) is 5.95 Å². The molecule has 0 spiro atoms. The van der Waals surface area contributed by atoms with Gasteiger partial charge in [0.25, 0.3) is 0 Å². The van der Waals surface area contributed by atoms with E-state index in [1.54, 1.807) is 36.0 Å². The summed E-state index contributed by atoms with van der Waals surface area (Å²) in [6, 6.07) is 17.0. The van der Waals surface area contributed by atoms with Crippen LogP contribution in [0.25, 0.3) is 32.7 Å². The summed E-state index contributed by atoms with van der Waals surface area (Å²) in [5.41, 5.74) is 11.0. The summed E-state index contributed by atoms with van der Waals surface area (Å²) in [5.74, 6) is 0.806. The van der Waals surface area contributed by atoms with E-state index < -0.39 is 5.95 Å². The fourth-order valence-corrected chi connectivity index (χ4v) is 5.00. The van der Waals surface area contributed by atoms with Crippen molar-refractivity contribution < 1.29 is 4.39 Å². The van der Waals surface area contributed by atoms with Gasteiger partial charge < -0.3 is 11.1 Å². The van der Waals surface area contributed by atoms with Crippen LogP contribution in [-0.2, 0) is 6.42 Å². The highest BCUT2D eigenvalue weighted by Crippen LogP contribution is 2.40. The zero-order chi connectivity index (χ0) is 23.5. The molecule has 0 unspecified atom stereocenters. The molecular weight excluding hydrogens is 447 g/mol. The molecule has 34 heavy (non-hydrogen) atoms. The first kappa shape index (κ1) is 22.1. The van der Waals surface area contributed by atoms with Crippen LogP contribution in [0.5, 0.6) is 0 Å². The van der Waals surface area contributed by atoms with Gasteiger partial charge in [-0.05, 0) is 43.2 Å². The number of nitrogens with two attached hydrogens (primary N) is 1. The number of fused-ring (bicyclic) bond motifs is 1. The van der Waals surface area contributed by atoms with Crippen LogP contribution in [0.1, 0.15) is 10.4 Å². The van der Waals surface area contributed by atoms with Crippen LogP contribution >= 0.6 is 11.3 Å². The van der Waals surface area contributed by atoms with Crippen molar-refractivity contribution in [2.45, 2.75) is 19.4 Å². The Morgan fingerprint density at radius 1 is 1.00 bits per heavy atom. The lowest BCUT2D eigenvalue weighted by molar-refractivity contribution is 0.584. The van der Waals surface area contributed by atoms with E-state index in [4.69, 9.17) is 15.7 Å². The average molecular weight is 471 g/mol. The molecule has 1 aromatic carbocycles. The van der Waals surface area contributed by atoms with Gasteiger partial charge in [0.15, 0.2) is 5.82 Å². The van der Waals surface area contributed by atoms with Gasteiger partial charge in [0, 0.05) is 52.7 Å². The fourth-order valence-electron chi connectivity index (χ4n) is 3.92. The SMILES string of the molecule is Cc1sc2c(NC[C@@H](N)Cc3ccccc3)nc(-c3ccncc3)nc2c1-c1ccc(F)nc1. The monoisotopic (exact) mass is 470 g/mol. The molecule has 0 fully saturated rings. The Bertz CT molecular complexity index is 1400. The predicted molar refractivity (Wildman–Crippen MR) is 135 cm³/mol.